The maximum Gasteiger partial charge on any atom is 0.0793 e. The van der Waals surface area contributed by atoms with E-state index in [1.165, 1.54) is 0 Å². The van der Waals surface area contributed by atoms with Gasteiger partial charge in [0.15, 0.2) is 0 Å². The summed E-state index contributed by atoms with van der Waals surface area (Å²) in [6.45, 7) is 1.94. The van der Waals surface area contributed by atoms with Crippen molar-refractivity contribution in [3.63, 3.8) is 0 Å². The van der Waals surface area contributed by atoms with Crippen LogP contribution in [0, 0.1) is 6.92 Å². The highest BCUT2D eigenvalue weighted by molar-refractivity contribution is 6.31. The lowest BCUT2D eigenvalue weighted by Gasteiger charge is -2.11. The number of rotatable bonds is 4. The van der Waals surface area contributed by atoms with Crippen LogP contribution in [0.5, 0.6) is 0 Å². The molecule has 2 aromatic rings. The Bertz CT molecular complexity index is 536. The Morgan fingerprint density at radius 2 is 2.22 bits per heavy atom. The summed E-state index contributed by atoms with van der Waals surface area (Å²) in [5.41, 5.74) is 3.05. The van der Waals surface area contributed by atoms with Crippen LogP contribution in [0.1, 0.15) is 29.2 Å². The molecule has 0 radical (unpaired) electrons. The normalized spacial score (nSPS) is 12.7. The predicted octanol–water partition coefficient (Wildman–Crippen LogP) is 3.05. The molecule has 2 rings (SSSR count). The standard InChI is InChI=1S/C14H17ClN2O/c1-10-7-12(4-5-13(10)15)14(18)6-3-11-8-16-17(2)9-11/h4-5,7-9,14,18H,3,6H2,1-2H3. The molecule has 0 saturated carbocycles. The highest BCUT2D eigenvalue weighted by Gasteiger charge is 2.09. The summed E-state index contributed by atoms with van der Waals surface area (Å²) in [6.07, 6.45) is 4.85. The van der Waals surface area contributed by atoms with E-state index in [-0.39, 0.29) is 0 Å². The van der Waals surface area contributed by atoms with Crippen LogP contribution in [-0.4, -0.2) is 14.9 Å². The lowest BCUT2D eigenvalue weighted by atomic mass is 10.0. The maximum atomic E-state index is 10.1. The minimum absolute atomic E-state index is 0.457. The molecule has 0 fully saturated rings. The summed E-state index contributed by atoms with van der Waals surface area (Å²) < 4.78 is 1.77. The largest absolute Gasteiger partial charge is 0.388 e. The van der Waals surface area contributed by atoms with Gasteiger partial charge < -0.3 is 5.11 Å². The SMILES string of the molecule is Cc1cc(C(O)CCc2cnn(C)c2)ccc1Cl. The quantitative estimate of drug-likeness (QED) is 0.922. The van der Waals surface area contributed by atoms with Crippen molar-refractivity contribution < 1.29 is 5.11 Å². The van der Waals surface area contributed by atoms with Crippen LogP contribution in [-0.2, 0) is 13.5 Å². The van der Waals surface area contributed by atoms with E-state index in [2.05, 4.69) is 5.10 Å². The van der Waals surface area contributed by atoms with Gasteiger partial charge in [-0.25, -0.2) is 0 Å². The Labute approximate surface area is 112 Å². The zero-order valence-corrected chi connectivity index (χ0v) is 11.4. The summed E-state index contributed by atoms with van der Waals surface area (Å²) in [7, 11) is 1.89. The molecule has 1 aromatic carbocycles. The van der Waals surface area contributed by atoms with Crippen molar-refractivity contribution in [2.75, 3.05) is 0 Å². The highest BCUT2D eigenvalue weighted by atomic mass is 35.5. The molecule has 1 unspecified atom stereocenters. The first-order chi connectivity index (χ1) is 8.56. The van der Waals surface area contributed by atoms with E-state index >= 15 is 0 Å². The number of hydrogen-bond donors (Lipinski definition) is 1. The van der Waals surface area contributed by atoms with Gasteiger partial charge in [0, 0.05) is 18.3 Å². The summed E-state index contributed by atoms with van der Waals surface area (Å²) in [6, 6.07) is 5.65. The Hall–Kier alpha value is -1.32. The van der Waals surface area contributed by atoms with Gasteiger partial charge in [0.25, 0.3) is 0 Å². The first-order valence-corrected chi connectivity index (χ1v) is 6.35. The van der Waals surface area contributed by atoms with Crippen molar-refractivity contribution in [1.29, 1.82) is 0 Å². The van der Waals surface area contributed by atoms with Gasteiger partial charge >= 0.3 is 0 Å². The zero-order valence-electron chi connectivity index (χ0n) is 10.6. The third-order valence-corrected chi connectivity index (χ3v) is 3.46. The Morgan fingerprint density at radius 1 is 1.44 bits per heavy atom. The number of benzene rings is 1. The van der Waals surface area contributed by atoms with Gasteiger partial charge in [0.05, 0.1) is 12.3 Å². The molecule has 96 valence electrons. The van der Waals surface area contributed by atoms with E-state index in [4.69, 9.17) is 11.6 Å². The molecule has 0 amide bonds. The van der Waals surface area contributed by atoms with Crippen LogP contribution in [0.4, 0.5) is 0 Å². The van der Waals surface area contributed by atoms with Crippen LogP contribution in [0.2, 0.25) is 5.02 Å². The molecule has 4 heteroatoms. The number of aliphatic hydroxyl groups is 1. The second-order valence-corrected chi connectivity index (χ2v) is 4.99. The first kappa shape index (κ1) is 13.1. The van der Waals surface area contributed by atoms with Gasteiger partial charge in [0.1, 0.15) is 0 Å². The summed E-state index contributed by atoms with van der Waals surface area (Å²) >= 11 is 5.97. The minimum Gasteiger partial charge on any atom is -0.388 e. The van der Waals surface area contributed by atoms with Crippen LogP contribution in [0.25, 0.3) is 0 Å². The monoisotopic (exact) mass is 264 g/mol. The lowest BCUT2D eigenvalue weighted by Crippen LogP contribution is -2.00. The van der Waals surface area contributed by atoms with Gasteiger partial charge in [0.2, 0.25) is 0 Å². The van der Waals surface area contributed by atoms with Gasteiger partial charge in [-0.05, 0) is 42.5 Å². The molecule has 0 spiro atoms. The predicted molar refractivity (Wildman–Crippen MR) is 72.7 cm³/mol. The van der Waals surface area contributed by atoms with Crippen LogP contribution < -0.4 is 0 Å². The maximum absolute atomic E-state index is 10.1. The number of aliphatic hydroxyl groups excluding tert-OH is 1. The van der Waals surface area contributed by atoms with E-state index in [1.807, 2.05) is 44.6 Å². The van der Waals surface area contributed by atoms with Crippen molar-refractivity contribution >= 4 is 11.6 Å². The van der Waals surface area contributed by atoms with Gasteiger partial charge in [-0.15, -0.1) is 0 Å². The number of hydrogen-bond acceptors (Lipinski definition) is 2. The zero-order chi connectivity index (χ0) is 13.1. The molecule has 3 nitrogen and oxygen atoms in total. The van der Waals surface area contributed by atoms with E-state index in [0.717, 1.165) is 28.1 Å². The highest BCUT2D eigenvalue weighted by Crippen LogP contribution is 2.23. The first-order valence-electron chi connectivity index (χ1n) is 5.98. The van der Waals surface area contributed by atoms with Crippen molar-refractivity contribution in [2.24, 2.45) is 7.05 Å². The number of nitrogens with zero attached hydrogens (tertiary/aromatic N) is 2. The van der Waals surface area contributed by atoms with Crippen LogP contribution >= 0.6 is 11.6 Å². The Morgan fingerprint density at radius 3 is 2.83 bits per heavy atom. The fourth-order valence-electron chi connectivity index (χ4n) is 1.95. The third kappa shape index (κ3) is 3.12. The molecule has 0 aliphatic carbocycles. The summed E-state index contributed by atoms with van der Waals surface area (Å²) in [5.74, 6) is 0. The van der Waals surface area contributed by atoms with Crippen LogP contribution in [0.15, 0.2) is 30.6 Å². The molecule has 1 heterocycles. The van der Waals surface area contributed by atoms with Crippen molar-refractivity contribution in [3.05, 3.63) is 52.3 Å². The van der Waals surface area contributed by atoms with E-state index in [1.54, 1.807) is 4.68 Å². The molecular weight excluding hydrogens is 248 g/mol. The molecule has 0 saturated heterocycles. The number of aromatic nitrogens is 2. The summed E-state index contributed by atoms with van der Waals surface area (Å²) in [5, 5.41) is 15.0. The van der Waals surface area contributed by atoms with E-state index in [9.17, 15) is 5.11 Å². The number of aryl methyl sites for hydroxylation is 3. The molecule has 18 heavy (non-hydrogen) atoms. The Kier molecular flexibility index (Phi) is 4.04. The fraction of sp³-hybridized carbons (Fsp3) is 0.357. The van der Waals surface area contributed by atoms with Gasteiger partial charge in [-0.1, -0.05) is 23.7 Å². The second kappa shape index (κ2) is 5.55. The molecular formula is C14H17ClN2O. The molecule has 0 aliphatic rings. The average molecular weight is 265 g/mol. The molecule has 1 N–H and O–H groups in total. The van der Waals surface area contributed by atoms with E-state index < -0.39 is 6.10 Å². The number of halogens is 1. The second-order valence-electron chi connectivity index (χ2n) is 4.59. The summed E-state index contributed by atoms with van der Waals surface area (Å²) in [4.78, 5) is 0. The molecule has 0 aliphatic heterocycles. The van der Waals surface area contributed by atoms with Crippen molar-refractivity contribution in [1.82, 2.24) is 9.78 Å². The third-order valence-electron chi connectivity index (χ3n) is 3.03. The van der Waals surface area contributed by atoms with Gasteiger partial charge in [-0.2, -0.15) is 5.10 Å². The van der Waals surface area contributed by atoms with E-state index in [0.29, 0.717) is 6.42 Å². The topological polar surface area (TPSA) is 38.1 Å². The minimum atomic E-state index is -0.457. The van der Waals surface area contributed by atoms with Crippen LogP contribution in [0.3, 0.4) is 0 Å². The van der Waals surface area contributed by atoms with Crippen molar-refractivity contribution in [3.8, 4) is 0 Å². The molecule has 1 aromatic heterocycles. The average Bonchev–Trinajstić information content (AvgIpc) is 2.75. The Balaban J connectivity index is 1.99. The van der Waals surface area contributed by atoms with Crippen molar-refractivity contribution in [2.45, 2.75) is 25.9 Å². The lowest BCUT2D eigenvalue weighted by molar-refractivity contribution is 0.168. The molecule has 0 bridgehead atoms. The smallest absolute Gasteiger partial charge is 0.0793 e. The fourth-order valence-corrected chi connectivity index (χ4v) is 2.06. The molecule has 1 atom stereocenters. The van der Waals surface area contributed by atoms with Gasteiger partial charge in [-0.3, -0.25) is 4.68 Å².